The minimum absolute atomic E-state index is 0.0705. The fraction of sp³-hybridized carbons (Fsp3) is 0.889. The van der Waals surface area contributed by atoms with Crippen LogP contribution in [0.2, 0.25) is 0 Å². The Hall–Kier alpha value is -0.270. The topological polar surface area (TPSA) is 103 Å². The highest BCUT2D eigenvalue weighted by atomic mass is 32.2. The van der Waals surface area contributed by atoms with E-state index in [1.165, 1.54) is 11.8 Å². The minimum atomic E-state index is -3.16. The van der Waals surface area contributed by atoms with Crippen molar-refractivity contribution in [1.82, 2.24) is 0 Å². The van der Waals surface area contributed by atoms with Gasteiger partial charge >= 0.3 is 0 Å². The van der Waals surface area contributed by atoms with Crippen LogP contribution >= 0.6 is 11.8 Å². The van der Waals surface area contributed by atoms with Crippen molar-refractivity contribution >= 4 is 27.5 Å². The van der Waals surface area contributed by atoms with Gasteiger partial charge in [-0.25, -0.2) is 8.42 Å². The highest BCUT2D eigenvalue weighted by Crippen LogP contribution is 2.10. The van der Waals surface area contributed by atoms with Crippen molar-refractivity contribution in [2.24, 2.45) is 11.5 Å². The molecule has 0 aromatic heterocycles. The van der Waals surface area contributed by atoms with E-state index in [-0.39, 0.29) is 23.5 Å². The molecular formula is C9H20N2O3S2. The second-order valence-corrected chi connectivity index (χ2v) is 7.82. The number of thioether (sulfide) groups is 1. The Kier molecular flexibility index (Phi) is 6.35. The maximum atomic E-state index is 11.4. The van der Waals surface area contributed by atoms with Gasteiger partial charge in [0, 0.05) is 23.5 Å². The van der Waals surface area contributed by atoms with Gasteiger partial charge in [-0.3, -0.25) is 4.79 Å². The molecule has 96 valence electrons. The van der Waals surface area contributed by atoms with Crippen LogP contribution in [0.15, 0.2) is 0 Å². The number of hydrogen-bond donors (Lipinski definition) is 2. The van der Waals surface area contributed by atoms with Crippen LogP contribution in [0.3, 0.4) is 0 Å². The Labute approximate surface area is 101 Å². The Bertz CT molecular complexity index is 320. The molecule has 1 amide bonds. The summed E-state index contributed by atoms with van der Waals surface area (Å²) in [5.74, 6) is 0.537. The SMILES string of the molecule is CC(C)(N)CSCCS(=O)(=O)CCC(N)=O. The van der Waals surface area contributed by atoms with Gasteiger partial charge in [-0.05, 0) is 13.8 Å². The monoisotopic (exact) mass is 268 g/mol. The van der Waals surface area contributed by atoms with Crippen molar-refractivity contribution in [3.63, 3.8) is 0 Å². The number of sulfone groups is 1. The highest BCUT2D eigenvalue weighted by molar-refractivity contribution is 8.00. The van der Waals surface area contributed by atoms with Gasteiger partial charge in [0.15, 0.2) is 9.84 Å². The summed E-state index contributed by atoms with van der Waals surface area (Å²) in [5, 5.41) is 0. The van der Waals surface area contributed by atoms with E-state index in [0.717, 1.165) is 0 Å². The smallest absolute Gasteiger partial charge is 0.218 e. The molecule has 0 heterocycles. The van der Waals surface area contributed by atoms with E-state index in [1.807, 2.05) is 13.8 Å². The second-order valence-electron chi connectivity index (χ2n) is 4.41. The maximum absolute atomic E-state index is 11.4. The predicted molar refractivity (Wildman–Crippen MR) is 68.1 cm³/mol. The van der Waals surface area contributed by atoms with Crippen LogP contribution in [0.1, 0.15) is 20.3 Å². The summed E-state index contributed by atoms with van der Waals surface area (Å²) in [4.78, 5) is 10.4. The largest absolute Gasteiger partial charge is 0.370 e. The zero-order valence-corrected chi connectivity index (χ0v) is 11.4. The van der Waals surface area contributed by atoms with Crippen LogP contribution < -0.4 is 11.5 Å². The molecule has 7 heteroatoms. The molecule has 16 heavy (non-hydrogen) atoms. The van der Waals surface area contributed by atoms with E-state index in [0.29, 0.717) is 11.5 Å². The number of amides is 1. The lowest BCUT2D eigenvalue weighted by molar-refractivity contribution is -0.117. The van der Waals surface area contributed by atoms with Gasteiger partial charge < -0.3 is 11.5 Å². The van der Waals surface area contributed by atoms with Crippen LogP contribution in [-0.2, 0) is 14.6 Å². The Morgan fingerprint density at radius 3 is 2.31 bits per heavy atom. The number of carbonyl (C=O) groups is 1. The van der Waals surface area contributed by atoms with Crippen molar-refractivity contribution in [3.8, 4) is 0 Å². The third-order valence-electron chi connectivity index (χ3n) is 1.67. The van der Waals surface area contributed by atoms with E-state index in [4.69, 9.17) is 11.5 Å². The minimum Gasteiger partial charge on any atom is -0.370 e. The molecule has 0 aromatic carbocycles. The molecule has 0 spiro atoms. The van der Waals surface area contributed by atoms with Gasteiger partial charge in [0.2, 0.25) is 5.91 Å². The maximum Gasteiger partial charge on any atom is 0.218 e. The fourth-order valence-corrected chi connectivity index (χ4v) is 3.75. The molecule has 0 aliphatic heterocycles. The summed E-state index contributed by atoms with van der Waals surface area (Å²) in [5.41, 5.74) is 10.3. The first-order valence-corrected chi connectivity index (χ1v) is 7.95. The summed E-state index contributed by atoms with van der Waals surface area (Å²) in [6, 6.07) is 0. The van der Waals surface area contributed by atoms with E-state index in [9.17, 15) is 13.2 Å². The van der Waals surface area contributed by atoms with Crippen LogP contribution in [-0.4, -0.2) is 42.9 Å². The second kappa shape index (κ2) is 6.46. The number of primary amides is 1. The van der Waals surface area contributed by atoms with Crippen LogP contribution in [0.4, 0.5) is 0 Å². The summed E-state index contributed by atoms with van der Waals surface area (Å²) in [7, 11) is -3.16. The molecule has 0 rings (SSSR count). The third-order valence-corrected chi connectivity index (χ3v) is 5.02. The molecule has 4 N–H and O–H groups in total. The molecule has 0 atom stereocenters. The Morgan fingerprint density at radius 1 is 1.31 bits per heavy atom. The van der Waals surface area contributed by atoms with Crippen LogP contribution in [0.25, 0.3) is 0 Å². The van der Waals surface area contributed by atoms with E-state index in [1.54, 1.807) is 0 Å². The van der Waals surface area contributed by atoms with Crippen molar-refractivity contribution in [2.75, 3.05) is 23.0 Å². The van der Waals surface area contributed by atoms with Gasteiger partial charge in [-0.2, -0.15) is 11.8 Å². The van der Waals surface area contributed by atoms with E-state index in [2.05, 4.69) is 0 Å². The summed E-state index contributed by atoms with van der Waals surface area (Å²) in [6.07, 6.45) is -0.102. The average Bonchev–Trinajstić information content (AvgIpc) is 2.08. The first-order chi connectivity index (χ1) is 7.12. The molecular weight excluding hydrogens is 248 g/mol. The molecule has 0 saturated carbocycles. The summed E-state index contributed by atoms with van der Waals surface area (Å²) < 4.78 is 22.8. The number of carbonyl (C=O) groups excluding carboxylic acids is 1. The molecule has 0 aliphatic carbocycles. The summed E-state index contributed by atoms with van der Waals surface area (Å²) in [6.45, 7) is 3.78. The number of hydrogen-bond acceptors (Lipinski definition) is 5. The molecule has 0 aliphatic rings. The first-order valence-electron chi connectivity index (χ1n) is 4.98. The molecule has 0 saturated heterocycles. The molecule has 0 bridgehead atoms. The third kappa shape index (κ3) is 10.3. The lowest BCUT2D eigenvalue weighted by atomic mass is 10.1. The zero-order valence-electron chi connectivity index (χ0n) is 9.73. The van der Waals surface area contributed by atoms with E-state index < -0.39 is 15.7 Å². The van der Waals surface area contributed by atoms with Crippen molar-refractivity contribution in [2.45, 2.75) is 25.8 Å². The van der Waals surface area contributed by atoms with E-state index >= 15 is 0 Å². The zero-order chi connectivity index (χ0) is 12.8. The van der Waals surface area contributed by atoms with Crippen LogP contribution in [0, 0.1) is 0 Å². The van der Waals surface area contributed by atoms with Gasteiger partial charge in [-0.15, -0.1) is 0 Å². The van der Waals surface area contributed by atoms with Crippen molar-refractivity contribution < 1.29 is 13.2 Å². The molecule has 0 radical (unpaired) electrons. The molecule has 5 nitrogen and oxygen atoms in total. The lowest BCUT2D eigenvalue weighted by Crippen LogP contribution is -2.35. The lowest BCUT2D eigenvalue weighted by Gasteiger charge is -2.17. The van der Waals surface area contributed by atoms with Crippen molar-refractivity contribution in [3.05, 3.63) is 0 Å². The Morgan fingerprint density at radius 2 is 1.88 bits per heavy atom. The fourth-order valence-electron chi connectivity index (χ4n) is 0.879. The normalized spacial score (nSPS) is 12.7. The molecule has 0 aromatic rings. The Balaban J connectivity index is 3.79. The average molecular weight is 268 g/mol. The number of nitrogens with two attached hydrogens (primary N) is 2. The van der Waals surface area contributed by atoms with Gasteiger partial charge in [0.05, 0.1) is 11.5 Å². The predicted octanol–water partition coefficient (Wildman–Crippen LogP) is -0.253. The standard InChI is InChI=1S/C9H20N2O3S2/c1-9(2,11)7-15-4-6-16(13,14)5-3-8(10)12/h3-7,11H2,1-2H3,(H2,10,12). The molecule has 0 fully saturated rings. The van der Waals surface area contributed by atoms with Gasteiger partial charge in [-0.1, -0.05) is 0 Å². The van der Waals surface area contributed by atoms with Crippen molar-refractivity contribution in [1.29, 1.82) is 0 Å². The quantitative estimate of drug-likeness (QED) is 0.591. The molecule has 0 unspecified atom stereocenters. The van der Waals surface area contributed by atoms with Crippen LogP contribution in [0.5, 0.6) is 0 Å². The number of rotatable bonds is 8. The van der Waals surface area contributed by atoms with Gasteiger partial charge in [0.1, 0.15) is 0 Å². The summed E-state index contributed by atoms with van der Waals surface area (Å²) >= 11 is 1.50. The van der Waals surface area contributed by atoms with Gasteiger partial charge in [0.25, 0.3) is 0 Å². The highest BCUT2D eigenvalue weighted by Gasteiger charge is 2.14. The first kappa shape index (κ1) is 15.7.